The minimum absolute atomic E-state index is 0.129. The molecule has 3 aromatic rings. The summed E-state index contributed by atoms with van der Waals surface area (Å²) < 4.78 is 21.8. The van der Waals surface area contributed by atoms with Crippen molar-refractivity contribution in [3.05, 3.63) is 107 Å². The van der Waals surface area contributed by atoms with Crippen molar-refractivity contribution in [2.24, 2.45) is 0 Å². The fourth-order valence-corrected chi connectivity index (χ4v) is 5.01. The van der Waals surface area contributed by atoms with E-state index in [9.17, 15) is 19.2 Å². The summed E-state index contributed by atoms with van der Waals surface area (Å²) in [4.78, 5) is 49.7. The standard InChI is InChI=1S/C42H50O8/c1-5-7-9-11-13-31(3)47-39(43)29-19-33-15-25-37(26-16-33)49-41(45)35-21-23-36(24-22-35)42(46)50-38-27-17-34(18-28-38)20-30-40(44)48-32(4)14-12-10-8-6-2/h15-32H,5-14H2,1-4H3/b29-19+,30-20+/t31-,32-/m0/s1. The molecule has 3 aromatic carbocycles. The molecule has 8 heteroatoms. The summed E-state index contributed by atoms with van der Waals surface area (Å²) in [6, 6.07) is 19.4. The van der Waals surface area contributed by atoms with Crippen LogP contribution < -0.4 is 9.47 Å². The van der Waals surface area contributed by atoms with Crippen molar-refractivity contribution in [3.63, 3.8) is 0 Å². The van der Waals surface area contributed by atoms with Crippen LogP contribution in [0.4, 0.5) is 0 Å². The molecule has 0 spiro atoms. The number of esters is 4. The van der Waals surface area contributed by atoms with Gasteiger partial charge in [0.15, 0.2) is 0 Å². The zero-order valence-corrected chi connectivity index (χ0v) is 29.7. The summed E-state index contributed by atoms with van der Waals surface area (Å²) in [5.74, 6) is -1.29. The first-order valence-corrected chi connectivity index (χ1v) is 17.7. The molecule has 266 valence electrons. The Morgan fingerprint density at radius 3 is 1.22 bits per heavy atom. The lowest BCUT2D eigenvalue weighted by atomic mass is 10.1. The van der Waals surface area contributed by atoms with E-state index < -0.39 is 23.9 Å². The second-order valence-corrected chi connectivity index (χ2v) is 12.4. The Hall–Kier alpha value is -4.98. The maximum atomic E-state index is 12.7. The summed E-state index contributed by atoms with van der Waals surface area (Å²) in [6.07, 6.45) is 16.6. The number of hydrogen-bond acceptors (Lipinski definition) is 8. The Kier molecular flexibility index (Phi) is 17.3. The molecule has 8 nitrogen and oxygen atoms in total. The quantitative estimate of drug-likeness (QED) is 0.0502. The Bertz CT molecular complexity index is 1430. The fraction of sp³-hybridized carbons (Fsp3) is 0.381. The van der Waals surface area contributed by atoms with Crippen molar-refractivity contribution < 1.29 is 38.1 Å². The number of carbonyl (C=O) groups is 4. The number of ether oxygens (including phenoxy) is 4. The van der Waals surface area contributed by atoms with E-state index in [0.717, 1.165) is 49.7 Å². The number of hydrogen-bond donors (Lipinski definition) is 0. The maximum absolute atomic E-state index is 12.7. The van der Waals surface area contributed by atoms with Crippen molar-refractivity contribution in [2.75, 3.05) is 0 Å². The van der Waals surface area contributed by atoms with Crippen LogP contribution in [-0.4, -0.2) is 36.1 Å². The van der Waals surface area contributed by atoms with Gasteiger partial charge in [-0.05, 0) is 111 Å². The first kappa shape index (κ1) is 39.5. The van der Waals surface area contributed by atoms with Crippen molar-refractivity contribution in [2.45, 2.75) is 104 Å². The van der Waals surface area contributed by atoms with Crippen LogP contribution in [-0.2, 0) is 19.1 Å². The Balaban J connectivity index is 1.43. The van der Waals surface area contributed by atoms with Crippen LogP contribution in [0.25, 0.3) is 12.2 Å². The molecule has 0 unspecified atom stereocenters. The van der Waals surface area contributed by atoms with Crippen LogP contribution in [0.1, 0.15) is 124 Å². The Morgan fingerprint density at radius 2 is 0.880 bits per heavy atom. The van der Waals surface area contributed by atoms with Crippen LogP contribution in [0.15, 0.2) is 84.9 Å². The summed E-state index contributed by atoms with van der Waals surface area (Å²) in [7, 11) is 0. The molecular formula is C42H50O8. The van der Waals surface area contributed by atoms with Gasteiger partial charge in [-0.2, -0.15) is 0 Å². The van der Waals surface area contributed by atoms with Crippen molar-refractivity contribution >= 4 is 36.0 Å². The Morgan fingerprint density at radius 1 is 0.520 bits per heavy atom. The van der Waals surface area contributed by atoms with Gasteiger partial charge in [0.1, 0.15) is 11.5 Å². The van der Waals surface area contributed by atoms with Crippen LogP contribution in [0, 0.1) is 0 Å². The maximum Gasteiger partial charge on any atom is 0.343 e. The number of benzene rings is 3. The summed E-state index contributed by atoms with van der Waals surface area (Å²) in [6.45, 7) is 8.13. The highest BCUT2D eigenvalue weighted by Crippen LogP contribution is 2.19. The molecule has 0 saturated heterocycles. The second kappa shape index (κ2) is 21.9. The molecular weight excluding hydrogens is 632 g/mol. The van der Waals surface area contributed by atoms with E-state index in [2.05, 4.69) is 13.8 Å². The van der Waals surface area contributed by atoms with Crippen LogP contribution in [0.5, 0.6) is 11.5 Å². The van der Waals surface area contributed by atoms with Crippen LogP contribution >= 0.6 is 0 Å². The molecule has 0 aliphatic rings. The van der Waals surface area contributed by atoms with Gasteiger partial charge in [-0.3, -0.25) is 0 Å². The van der Waals surface area contributed by atoms with Crippen LogP contribution in [0.2, 0.25) is 0 Å². The molecule has 0 aliphatic carbocycles. The van der Waals surface area contributed by atoms with E-state index in [0.29, 0.717) is 11.5 Å². The minimum Gasteiger partial charge on any atom is -0.460 e. The zero-order chi connectivity index (χ0) is 36.1. The molecule has 2 atom stereocenters. The van der Waals surface area contributed by atoms with E-state index in [1.807, 2.05) is 13.8 Å². The number of carbonyl (C=O) groups excluding carboxylic acids is 4. The predicted molar refractivity (Wildman–Crippen MR) is 196 cm³/mol. The van der Waals surface area contributed by atoms with Gasteiger partial charge in [-0.15, -0.1) is 0 Å². The summed E-state index contributed by atoms with van der Waals surface area (Å²) in [5, 5.41) is 0. The number of rotatable bonds is 20. The van der Waals surface area contributed by atoms with Crippen molar-refractivity contribution in [1.29, 1.82) is 0 Å². The lowest BCUT2D eigenvalue weighted by Gasteiger charge is -2.11. The Labute approximate surface area is 296 Å². The first-order chi connectivity index (χ1) is 24.2. The summed E-state index contributed by atoms with van der Waals surface area (Å²) in [5.41, 5.74) is 2.03. The van der Waals surface area contributed by atoms with Gasteiger partial charge >= 0.3 is 23.9 Å². The van der Waals surface area contributed by atoms with Gasteiger partial charge in [-0.25, -0.2) is 19.2 Å². The van der Waals surface area contributed by atoms with E-state index in [4.69, 9.17) is 18.9 Å². The normalized spacial score (nSPS) is 12.4. The molecule has 0 aromatic heterocycles. The molecule has 0 radical (unpaired) electrons. The third kappa shape index (κ3) is 15.1. The average Bonchev–Trinajstić information content (AvgIpc) is 3.11. The lowest BCUT2D eigenvalue weighted by Crippen LogP contribution is -2.12. The van der Waals surface area contributed by atoms with Gasteiger partial charge in [-0.1, -0.05) is 76.6 Å². The van der Waals surface area contributed by atoms with E-state index in [1.165, 1.54) is 62.1 Å². The first-order valence-electron chi connectivity index (χ1n) is 17.7. The van der Waals surface area contributed by atoms with E-state index in [-0.39, 0.29) is 23.3 Å². The highest BCUT2D eigenvalue weighted by molar-refractivity contribution is 5.95. The monoisotopic (exact) mass is 682 g/mol. The smallest absolute Gasteiger partial charge is 0.343 e. The average molecular weight is 683 g/mol. The van der Waals surface area contributed by atoms with Crippen molar-refractivity contribution in [1.82, 2.24) is 0 Å². The molecule has 0 bridgehead atoms. The predicted octanol–water partition coefficient (Wildman–Crippen LogP) is 9.96. The summed E-state index contributed by atoms with van der Waals surface area (Å²) >= 11 is 0. The third-order valence-electron chi connectivity index (χ3n) is 7.92. The largest absolute Gasteiger partial charge is 0.460 e. The molecule has 0 N–H and O–H groups in total. The topological polar surface area (TPSA) is 105 Å². The van der Waals surface area contributed by atoms with Gasteiger partial charge in [0.05, 0.1) is 23.3 Å². The third-order valence-corrected chi connectivity index (χ3v) is 7.92. The molecule has 0 heterocycles. The second-order valence-electron chi connectivity index (χ2n) is 12.4. The van der Waals surface area contributed by atoms with Gasteiger partial charge in [0.25, 0.3) is 0 Å². The van der Waals surface area contributed by atoms with Crippen molar-refractivity contribution in [3.8, 4) is 11.5 Å². The van der Waals surface area contributed by atoms with Crippen LogP contribution in [0.3, 0.4) is 0 Å². The van der Waals surface area contributed by atoms with Gasteiger partial charge in [0.2, 0.25) is 0 Å². The van der Waals surface area contributed by atoms with E-state index in [1.54, 1.807) is 60.7 Å². The molecule has 3 rings (SSSR count). The minimum atomic E-state index is -0.585. The van der Waals surface area contributed by atoms with Gasteiger partial charge in [0, 0.05) is 12.2 Å². The zero-order valence-electron chi connectivity index (χ0n) is 29.7. The number of unbranched alkanes of at least 4 members (excludes halogenated alkanes) is 6. The highest BCUT2D eigenvalue weighted by Gasteiger charge is 2.13. The molecule has 0 saturated carbocycles. The highest BCUT2D eigenvalue weighted by atomic mass is 16.6. The lowest BCUT2D eigenvalue weighted by molar-refractivity contribution is -0.143. The molecule has 0 amide bonds. The molecule has 50 heavy (non-hydrogen) atoms. The molecule has 0 aliphatic heterocycles. The van der Waals surface area contributed by atoms with E-state index >= 15 is 0 Å². The SMILES string of the molecule is CCCCCC[C@H](C)OC(=O)/C=C/c1ccc(OC(=O)c2ccc(C(=O)Oc3ccc(/C=C/C(=O)O[C@@H](C)CCCCCC)cc3)cc2)cc1. The fourth-order valence-electron chi connectivity index (χ4n) is 5.01. The van der Waals surface area contributed by atoms with Gasteiger partial charge < -0.3 is 18.9 Å². The molecule has 0 fully saturated rings.